The van der Waals surface area contributed by atoms with Crippen molar-refractivity contribution < 1.29 is 4.74 Å². The fourth-order valence-corrected chi connectivity index (χ4v) is 2.16. The molecule has 0 amide bonds. The lowest BCUT2D eigenvalue weighted by molar-refractivity contribution is 0.129. The molecule has 0 aliphatic heterocycles. The Hall–Kier alpha value is -1.13. The second-order valence-corrected chi connectivity index (χ2v) is 4.41. The first-order valence-electron chi connectivity index (χ1n) is 6.29. The summed E-state index contributed by atoms with van der Waals surface area (Å²) in [4.78, 5) is 8.55. The van der Waals surface area contributed by atoms with E-state index in [9.17, 15) is 0 Å². The molecule has 2 aromatic rings. The lowest BCUT2D eigenvalue weighted by Crippen LogP contribution is -2.06. The number of hydrogen-bond donors (Lipinski definition) is 0. The van der Waals surface area contributed by atoms with Gasteiger partial charge in [0.1, 0.15) is 11.3 Å². The molecule has 2 heterocycles. The minimum atomic E-state index is 0.421. The van der Waals surface area contributed by atoms with Crippen molar-refractivity contribution in [2.24, 2.45) is 0 Å². The third-order valence-electron chi connectivity index (χ3n) is 2.77. The zero-order valence-corrected chi connectivity index (χ0v) is 11.4. The van der Waals surface area contributed by atoms with Crippen LogP contribution in [0, 0.1) is 0 Å². The maximum atomic E-state index is 5.93. The van der Waals surface area contributed by atoms with E-state index < -0.39 is 0 Å². The van der Waals surface area contributed by atoms with E-state index in [4.69, 9.17) is 16.3 Å². The summed E-state index contributed by atoms with van der Waals surface area (Å²) in [6.45, 7) is 4.60. The van der Waals surface area contributed by atoms with Gasteiger partial charge in [0.05, 0.1) is 17.6 Å². The molecule has 0 unspecified atom stereocenters. The molecule has 98 valence electrons. The number of rotatable bonds is 7. The Kier molecular flexibility index (Phi) is 4.96. The Balaban J connectivity index is 2.06. The zero-order valence-electron chi connectivity index (χ0n) is 10.6. The Morgan fingerprint density at radius 3 is 3.06 bits per heavy atom. The zero-order chi connectivity index (χ0) is 12.8. The molecular formula is C13H18ClN3O. The van der Waals surface area contributed by atoms with Gasteiger partial charge in [-0.05, 0) is 18.9 Å². The summed E-state index contributed by atoms with van der Waals surface area (Å²) in [6, 6.07) is 1.98. The maximum Gasteiger partial charge on any atom is 0.124 e. The summed E-state index contributed by atoms with van der Waals surface area (Å²) in [5.41, 5.74) is 2.00. The van der Waals surface area contributed by atoms with Crippen LogP contribution in [0.25, 0.3) is 11.0 Å². The van der Waals surface area contributed by atoms with E-state index >= 15 is 0 Å². The number of aromatic nitrogens is 3. The topological polar surface area (TPSA) is 39.9 Å². The molecule has 0 aromatic carbocycles. The molecule has 0 N–H and O–H groups in total. The highest BCUT2D eigenvalue weighted by molar-refractivity contribution is 6.16. The number of halogens is 1. The smallest absolute Gasteiger partial charge is 0.124 e. The molecule has 0 saturated carbocycles. The van der Waals surface area contributed by atoms with Crippen molar-refractivity contribution in [1.82, 2.24) is 14.5 Å². The molecule has 2 aromatic heterocycles. The largest absolute Gasteiger partial charge is 0.381 e. The van der Waals surface area contributed by atoms with Crippen molar-refractivity contribution in [3.8, 4) is 0 Å². The van der Waals surface area contributed by atoms with Crippen LogP contribution in [0.4, 0.5) is 0 Å². The molecule has 5 heteroatoms. The normalized spacial score (nSPS) is 11.2. The summed E-state index contributed by atoms with van der Waals surface area (Å²) in [6.07, 6.45) is 5.59. The number of aryl methyl sites for hydroxylation is 1. The molecular weight excluding hydrogens is 250 g/mol. The van der Waals surface area contributed by atoms with Gasteiger partial charge < -0.3 is 9.30 Å². The molecule has 0 fully saturated rings. The van der Waals surface area contributed by atoms with Crippen LogP contribution in [0.3, 0.4) is 0 Å². The van der Waals surface area contributed by atoms with Crippen LogP contribution in [0.15, 0.2) is 18.5 Å². The highest BCUT2D eigenvalue weighted by Gasteiger charge is 2.09. The molecule has 0 bridgehead atoms. The number of pyridine rings is 1. The highest BCUT2D eigenvalue weighted by Crippen LogP contribution is 2.16. The van der Waals surface area contributed by atoms with Gasteiger partial charge in [0.15, 0.2) is 0 Å². The van der Waals surface area contributed by atoms with E-state index in [1.54, 1.807) is 12.4 Å². The maximum absolute atomic E-state index is 5.93. The van der Waals surface area contributed by atoms with E-state index in [1.165, 1.54) is 0 Å². The summed E-state index contributed by atoms with van der Waals surface area (Å²) in [5, 5.41) is 0. The van der Waals surface area contributed by atoms with Gasteiger partial charge >= 0.3 is 0 Å². The quantitative estimate of drug-likeness (QED) is 0.572. The third-order valence-corrected chi connectivity index (χ3v) is 3.01. The molecule has 18 heavy (non-hydrogen) atoms. The van der Waals surface area contributed by atoms with Crippen molar-refractivity contribution in [1.29, 1.82) is 0 Å². The summed E-state index contributed by atoms with van der Waals surface area (Å²) >= 11 is 5.93. The second kappa shape index (κ2) is 6.71. The van der Waals surface area contributed by atoms with Crippen molar-refractivity contribution >= 4 is 22.6 Å². The van der Waals surface area contributed by atoms with Crippen molar-refractivity contribution in [2.45, 2.75) is 32.2 Å². The number of hydrogen-bond acceptors (Lipinski definition) is 3. The van der Waals surface area contributed by atoms with Gasteiger partial charge in [-0.15, -0.1) is 11.6 Å². The number of imidazole rings is 1. The number of nitrogens with zero attached hydrogens (tertiary/aromatic N) is 3. The van der Waals surface area contributed by atoms with E-state index in [0.717, 1.165) is 49.5 Å². The van der Waals surface area contributed by atoms with E-state index in [-0.39, 0.29) is 0 Å². The molecule has 0 spiro atoms. The molecule has 0 aliphatic carbocycles. The van der Waals surface area contributed by atoms with Crippen LogP contribution in [0.5, 0.6) is 0 Å². The first-order chi connectivity index (χ1) is 8.86. The summed E-state index contributed by atoms with van der Waals surface area (Å²) < 4.78 is 7.64. The predicted molar refractivity (Wildman–Crippen MR) is 72.8 cm³/mol. The van der Waals surface area contributed by atoms with Gasteiger partial charge in [0.25, 0.3) is 0 Å². The molecule has 0 saturated heterocycles. The molecule has 0 aliphatic rings. The van der Waals surface area contributed by atoms with Crippen LogP contribution in [-0.2, 0) is 17.2 Å². The lowest BCUT2D eigenvalue weighted by atomic mass is 10.4. The van der Waals surface area contributed by atoms with Crippen molar-refractivity contribution in [3.05, 3.63) is 24.3 Å². The second-order valence-electron chi connectivity index (χ2n) is 4.14. The van der Waals surface area contributed by atoms with Gasteiger partial charge in [0, 0.05) is 26.0 Å². The fourth-order valence-electron chi connectivity index (χ4n) is 1.95. The van der Waals surface area contributed by atoms with Crippen LogP contribution in [0.2, 0.25) is 0 Å². The van der Waals surface area contributed by atoms with E-state index in [0.29, 0.717) is 5.88 Å². The predicted octanol–water partition coefficient (Wildman–Crippen LogP) is 2.99. The first kappa shape index (κ1) is 13.3. The van der Waals surface area contributed by atoms with E-state index in [2.05, 4.69) is 21.5 Å². The molecule has 2 rings (SSSR count). The Morgan fingerprint density at radius 1 is 1.39 bits per heavy atom. The molecule has 0 atom stereocenters. The van der Waals surface area contributed by atoms with Gasteiger partial charge in [0.2, 0.25) is 0 Å². The SMILES string of the molecule is CCCOCCCn1c(CCl)nc2cnccc21. The third kappa shape index (κ3) is 3.00. The summed E-state index contributed by atoms with van der Waals surface area (Å²) in [5.74, 6) is 1.32. The van der Waals surface area contributed by atoms with Gasteiger partial charge in [-0.25, -0.2) is 4.98 Å². The highest BCUT2D eigenvalue weighted by atomic mass is 35.5. The average molecular weight is 268 g/mol. The van der Waals surface area contributed by atoms with E-state index in [1.807, 2.05) is 6.07 Å². The minimum absolute atomic E-state index is 0.421. The Morgan fingerprint density at radius 2 is 2.28 bits per heavy atom. The molecule has 4 nitrogen and oxygen atoms in total. The average Bonchev–Trinajstić information content (AvgIpc) is 2.77. The van der Waals surface area contributed by atoms with Crippen LogP contribution in [0.1, 0.15) is 25.6 Å². The minimum Gasteiger partial charge on any atom is -0.381 e. The fraction of sp³-hybridized carbons (Fsp3) is 0.538. The lowest BCUT2D eigenvalue weighted by Gasteiger charge is -2.07. The van der Waals surface area contributed by atoms with Crippen LogP contribution >= 0.6 is 11.6 Å². The summed E-state index contributed by atoms with van der Waals surface area (Å²) in [7, 11) is 0. The van der Waals surface area contributed by atoms with Crippen LogP contribution in [-0.4, -0.2) is 27.7 Å². The van der Waals surface area contributed by atoms with Crippen molar-refractivity contribution in [2.75, 3.05) is 13.2 Å². The van der Waals surface area contributed by atoms with Gasteiger partial charge in [-0.3, -0.25) is 4.98 Å². The standard InChI is InChI=1S/C13H18ClN3O/c1-2-7-18-8-3-6-17-12-4-5-15-10-11(12)16-13(17)9-14/h4-5,10H,2-3,6-9H2,1H3. The van der Waals surface area contributed by atoms with Crippen LogP contribution < -0.4 is 0 Å². The van der Waals surface area contributed by atoms with Crippen molar-refractivity contribution in [3.63, 3.8) is 0 Å². The van der Waals surface area contributed by atoms with Gasteiger partial charge in [-0.1, -0.05) is 6.92 Å². The number of ether oxygens (including phenoxy) is 1. The van der Waals surface area contributed by atoms with Gasteiger partial charge in [-0.2, -0.15) is 0 Å². The number of fused-ring (bicyclic) bond motifs is 1. The monoisotopic (exact) mass is 267 g/mol. The Labute approximate surface area is 112 Å². The first-order valence-corrected chi connectivity index (χ1v) is 6.83. The molecule has 0 radical (unpaired) electrons. The Bertz CT molecular complexity index is 498. The number of alkyl halides is 1.